The molecule has 1 unspecified atom stereocenters. The Morgan fingerprint density at radius 2 is 2.05 bits per heavy atom. The fraction of sp³-hybridized carbons (Fsp3) is 0.467. The molecule has 0 spiro atoms. The lowest BCUT2D eigenvalue weighted by molar-refractivity contribution is -0.137. The van der Waals surface area contributed by atoms with Gasteiger partial charge in [-0.2, -0.15) is 13.2 Å². The number of halogens is 4. The zero-order chi connectivity index (χ0) is 15.2. The van der Waals surface area contributed by atoms with E-state index in [4.69, 9.17) is 0 Å². The van der Waals surface area contributed by atoms with Crippen LogP contribution in [0.15, 0.2) is 22.7 Å². The summed E-state index contributed by atoms with van der Waals surface area (Å²) in [6.45, 7) is 4.47. The summed E-state index contributed by atoms with van der Waals surface area (Å²) in [6, 6.07) is 3.50. The summed E-state index contributed by atoms with van der Waals surface area (Å²) >= 11 is 3.33. The molecule has 110 valence electrons. The number of alkyl halides is 3. The smallest absolute Gasteiger partial charge is 0.309 e. The Labute approximate surface area is 126 Å². The lowest BCUT2D eigenvalue weighted by Crippen LogP contribution is -2.22. The molecular weight excluding hydrogens is 331 g/mol. The molecule has 0 saturated carbocycles. The van der Waals surface area contributed by atoms with Crippen LogP contribution in [0.3, 0.4) is 0 Å². The molecule has 0 aliphatic rings. The van der Waals surface area contributed by atoms with Crippen molar-refractivity contribution < 1.29 is 13.2 Å². The van der Waals surface area contributed by atoms with Crippen LogP contribution in [-0.2, 0) is 6.18 Å². The molecule has 1 aromatic rings. The van der Waals surface area contributed by atoms with E-state index in [1.54, 1.807) is 6.92 Å². The van der Waals surface area contributed by atoms with Crippen LogP contribution in [0.4, 0.5) is 13.2 Å². The maximum Gasteiger partial charge on any atom is 0.416 e. The lowest BCUT2D eigenvalue weighted by Gasteiger charge is -2.19. The third-order valence-corrected chi connectivity index (χ3v) is 3.54. The second-order valence-electron chi connectivity index (χ2n) is 4.37. The van der Waals surface area contributed by atoms with Crippen LogP contribution in [0, 0.1) is 11.8 Å². The second kappa shape index (κ2) is 7.70. The maximum atomic E-state index is 12.8. The van der Waals surface area contributed by atoms with E-state index in [-0.39, 0.29) is 6.04 Å². The molecule has 1 atom stereocenters. The van der Waals surface area contributed by atoms with Crippen LogP contribution in [-0.4, -0.2) is 6.54 Å². The average Bonchev–Trinajstić information content (AvgIpc) is 2.39. The van der Waals surface area contributed by atoms with Gasteiger partial charge in [0, 0.05) is 16.9 Å². The Morgan fingerprint density at radius 1 is 1.35 bits per heavy atom. The number of rotatable bonds is 5. The van der Waals surface area contributed by atoms with Gasteiger partial charge in [0.2, 0.25) is 0 Å². The highest BCUT2D eigenvalue weighted by atomic mass is 79.9. The van der Waals surface area contributed by atoms with Crippen LogP contribution in [0.25, 0.3) is 0 Å². The van der Waals surface area contributed by atoms with E-state index in [9.17, 15) is 13.2 Å². The first-order chi connectivity index (χ1) is 9.40. The second-order valence-corrected chi connectivity index (χ2v) is 5.23. The van der Waals surface area contributed by atoms with Crippen molar-refractivity contribution in [1.29, 1.82) is 0 Å². The Hall–Kier alpha value is -0.990. The molecule has 0 heterocycles. The molecule has 0 fully saturated rings. The molecule has 0 aliphatic heterocycles. The summed E-state index contributed by atoms with van der Waals surface area (Å²) in [5.41, 5.74) is -0.0421. The fourth-order valence-corrected chi connectivity index (χ4v) is 2.32. The number of hydrogen-bond acceptors (Lipinski definition) is 1. The highest BCUT2D eigenvalue weighted by Gasteiger charge is 2.31. The van der Waals surface area contributed by atoms with Crippen LogP contribution in [0.1, 0.15) is 43.9 Å². The summed E-state index contributed by atoms with van der Waals surface area (Å²) < 4.78 is 39.1. The van der Waals surface area contributed by atoms with E-state index in [1.165, 1.54) is 12.1 Å². The van der Waals surface area contributed by atoms with Gasteiger partial charge in [-0.05, 0) is 43.7 Å². The lowest BCUT2D eigenvalue weighted by atomic mass is 10.0. The van der Waals surface area contributed by atoms with E-state index in [2.05, 4.69) is 33.1 Å². The molecule has 0 radical (unpaired) electrons. The summed E-state index contributed by atoms with van der Waals surface area (Å²) in [4.78, 5) is 0. The van der Waals surface area contributed by atoms with Crippen molar-refractivity contribution in [1.82, 2.24) is 5.32 Å². The summed E-state index contributed by atoms with van der Waals surface area (Å²) in [6.07, 6.45) is -2.94. The van der Waals surface area contributed by atoms with Gasteiger partial charge < -0.3 is 5.32 Å². The molecule has 0 saturated heterocycles. The summed E-state index contributed by atoms with van der Waals surface area (Å²) in [7, 11) is 0. The minimum atomic E-state index is -4.33. The number of benzene rings is 1. The molecule has 1 nitrogen and oxygen atoms in total. The van der Waals surface area contributed by atoms with Gasteiger partial charge in [0.05, 0.1) is 5.56 Å². The minimum Gasteiger partial charge on any atom is -0.309 e. The Balaban J connectivity index is 3.12. The van der Waals surface area contributed by atoms with Gasteiger partial charge in [-0.25, -0.2) is 0 Å². The molecule has 0 aromatic heterocycles. The van der Waals surface area contributed by atoms with Crippen molar-refractivity contribution in [2.24, 2.45) is 0 Å². The van der Waals surface area contributed by atoms with Crippen molar-refractivity contribution in [3.05, 3.63) is 33.8 Å². The van der Waals surface area contributed by atoms with E-state index in [0.717, 1.165) is 19.0 Å². The van der Waals surface area contributed by atoms with Crippen LogP contribution >= 0.6 is 15.9 Å². The van der Waals surface area contributed by atoms with Gasteiger partial charge in [0.1, 0.15) is 0 Å². The molecule has 5 heteroatoms. The normalized spacial score (nSPS) is 12.7. The molecule has 0 aliphatic carbocycles. The standard InChI is InChI=1S/C15H17BrF3N/c1-3-5-6-14(20-9-4-2)12-10-11(15(17,18)19)7-8-13(12)16/h7-8,10,14,20H,4,6,9H2,1-2H3. The Kier molecular flexibility index (Phi) is 6.57. The molecule has 1 N–H and O–H groups in total. The molecule has 1 rings (SSSR count). The van der Waals surface area contributed by atoms with Crippen LogP contribution in [0.2, 0.25) is 0 Å². The Bertz CT molecular complexity index is 500. The third-order valence-electron chi connectivity index (χ3n) is 2.82. The van der Waals surface area contributed by atoms with E-state index in [0.29, 0.717) is 16.5 Å². The van der Waals surface area contributed by atoms with Gasteiger partial charge in [0.25, 0.3) is 0 Å². The van der Waals surface area contributed by atoms with Crippen molar-refractivity contribution in [2.75, 3.05) is 6.54 Å². The minimum absolute atomic E-state index is 0.209. The predicted molar refractivity (Wildman–Crippen MR) is 78.2 cm³/mol. The highest BCUT2D eigenvalue weighted by Crippen LogP contribution is 2.34. The van der Waals surface area contributed by atoms with Crippen LogP contribution in [0.5, 0.6) is 0 Å². The highest BCUT2D eigenvalue weighted by molar-refractivity contribution is 9.10. The van der Waals surface area contributed by atoms with Crippen LogP contribution < -0.4 is 5.32 Å². The van der Waals surface area contributed by atoms with Gasteiger partial charge >= 0.3 is 6.18 Å². The predicted octanol–water partition coefficient (Wildman–Crippen LogP) is 4.92. The number of nitrogens with one attached hydrogen (secondary N) is 1. The van der Waals surface area contributed by atoms with Crippen molar-refractivity contribution >= 4 is 15.9 Å². The number of hydrogen-bond donors (Lipinski definition) is 1. The zero-order valence-corrected chi connectivity index (χ0v) is 13.0. The quantitative estimate of drug-likeness (QED) is 0.745. The summed E-state index contributed by atoms with van der Waals surface area (Å²) in [5.74, 6) is 5.71. The largest absolute Gasteiger partial charge is 0.416 e. The van der Waals surface area contributed by atoms with Gasteiger partial charge in [0.15, 0.2) is 0 Å². The third kappa shape index (κ3) is 4.84. The molecule has 0 bridgehead atoms. The average molecular weight is 348 g/mol. The fourth-order valence-electron chi connectivity index (χ4n) is 1.80. The van der Waals surface area contributed by atoms with Crippen molar-refractivity contribution in [3.63, 3.8) is 0 Å². The van der Waals surface area contributed by atoms with Gasteiger partial charge in [-0.15, -0.1) is 11.8 Å². The maximum absolute atomic E-state index is 12.8. The van der Waals surface area contributed by atoms with E-state index in [1.807, 2.05) is 6.92 Å². The van der Waals surface area contributed by atoms with Crippen molar-refractivity contribution in [2.45, 2.75) is 38.9 Å². The molecular formula is C15H17BrF3N. The molecule has 20 heavy (non-hydrogen) atoms. The van der Waals surface area contributed by atoms with E-state index >= 15 is 0 Å². The molecule has 1 aromatic carbocycles. The monoisotopic (exact) mass is 347 g/mol. The SMILES string of the molecule is CC#CCC(NCCC)c1cc(C(F)(F)F)ccc1Br. The summed E-state index contributed by atoms with van der Waals surface area (Å²) in [5, 5.41) is 3.24. The Morgan fingerprint density at radius 3 is 2.60 bits per heavy atom. The topological polar surface area (TPSA) is 12.0 Å². The first kappa shape index (κ1) is 17.1. The van der Waals surface area contributed by atoms with Crippen molar-refractivity contribution in [3.8, 4) is 11.8 Å². The van der Waals surface area contributed by atoms with E-state index < -0.39 is 11.7 Å². The van der Waals surface area contributed by atoms with Gasteiger partial charge in [-0.1, -0.05) is 22.9 Å². The first-order valence-electron chi connectivity index (χ1n) is 6.39. The first-order valence-corrected chi connectivity index (χ1v) is 7.19. The molecule has 0 amide bonds. The van der Waals surface area contributed by atoms with Gasteiger partial charge in [-0.3, -0.25) is 0 Å². The zero-order valence-electron chi connectivity index (χ0n) is 11.4.